The van der Waals surface area contributed by atoms with Gasteiger partial charge in [0.1, 0.15) is 0 Å². The highest BCUT2D eigenvalue weighted by Crippen LogP contribution is 2.25. The number of aromatic nitrogens is 1. The Hall–Kier alpha value is -2.86. The van der Waals surface area contributed by atoms with Crippen molar-refractivity contribution < 1.29 is 27.5 Å². The number of thiazole rings is 1. The summed E-state index contributed by atoms with van der Waals surface area (Å²) in [5.74, 6) is -1.01. The average molecular weight is 518 g/mol. The van der Waals surface area contributed by atoms with Gasteiger partial charge in [-0.15, -0.1) is 11.3 Å². The number of hydrogen-bond donors (Lipinski definition) is 1. The van der Waals surface area contributed by atoms with Crippen LogP contribution < -0.4 is 5.32 Å². The smallest absolute Gasteiger partial charge is 0.306 e. The summed E-state index contributed by atoms with van der Waals surface area (Å²) in [6.07, 6.45) is 1.40. The molecule has 0 aliphatic carbocycles. The molecule has 1 N–H and O–H groups in total. The average Bonchev–Trinajstić information content (AvgIpc) is 3.27. The van der Waals surface area contributed by atoms with Crippen LogP contribution in [0.3, 0.4) is 0 Å². The Labute approximate surface area is 208 Å². The van der Waals surface area contributed by atoms with E-state index in [9.17, 15) is 18.0 Å². The summed E-state index contributed by atoms with van der Waals surface area (Å²) in [5, 5.41) is 3.56. The van der Waals surface area contributed by atoms with Crippen molar-refractivity contribution in [3.63, 3.8) is 0 Å². The van der Waals surface area contributed by atoms with Gasteiger partial charge >= 0.3 is 5.97 Å². The minimum absolute atomic E-state index is 0.129. The number of esters is 1. The summed E-state index contributed by atoms with van der Waals surface area (Å²) in [5.41, 5.74) is 1.84. The van der Waals surface area contributed by atoms with Crippen molar-refractivity contribution in [2.45, 2.75) is 31.1 Å². The van der Waals surface area contributed by atoms with Crippen LogP contribution in [0.2, 0.25) is 0 Å². The summed E-state index contributed by atoms with van der Waals surface area (Å²) in [7, 11) is -3.71. The number of aryl methyl sites for hydroxylation is 2. The fourth-order valence-corrected chi connectivity index (χ4v) is 6.38. The number of carbonyl (C=O) groups excluding carboxylic acids is 2. The first kappa shape index (κ1) is 25.2. The largest absolute Gasteiger partial charge is 0.456 e. The molecule has 2 aromatic carbocycles. The Balaban J connectivity index is 1.25. The van der Waals surface area contributed by atoms with Crippen LogP contribution in [0.4, 0.5) is 5.69 Å². The molecule has 11 heteroatoms. The Morgan fingerprint density at radius 3 is 2.71 bits per heavy atom. The van der Waals surface area contributed by atoms with Crippen LogP contribution in [-0.4, -0.2) is 62.5 Å². The summed E-state index contributed by atoms with van der Waals surface area (Å²) in [6.45, 7) is 2.52. The second-order valence-electron chi connectivity index (χ2n) is 8.13. The molecule has 9 nitrogen and oxygen atoms in total. The molecule has 186 valence electrons. The Morgan fingerprint density at radius 1 is 1.17 bits per heavy atom. The molecular weight excluding hydrogens is 490 g/mol. The number of hydrogen-bond acceptors (Lipinski definition) is 8. The number of nitrogens with one attached hydrogen (secondary N) is 1. The van der Waals surface area contributed by atoms with Crippen molar-refractivity contribution >= 4 is 49.1 Å². The van der Waals surface area contributed by atoms with Crippen LogP contribution in [0.25, 0.3) is 10.2 Å². The van der Waals surface area contributed by atoms with E-state index in [0.717, 1.165) is 15.2 Å². The Kier molecular flexibility index (Phi) is 8.11. The van der Waals surface area contributed by atoms with Crippen molar-refractivity contribution in [3.8, 4) is 0 Å². The predicted molar refractivity (Wildman–Crippen MR) is 133 cm³/mol. The van der Waals surface area contributed by atoms with Crippen LogP contribution in [0, 0.1) is 6.92 Å². The first-order valence-electron chi connectivity index (χ1n) is 11.3. The molecule has 1 aromatic heterocycles. The topological polar surface area (TPSA) is 115 Å². The second kappa shape index (κ2) is 11.3. The molecule has 1 aliphatic rings. The first-order chi connectivity index (χ1) is 16.8. The number of anilines is 1. The highest BCUT2D eigenvalue weighted by molar-refractivity contribution is 7.89. The second-order valence-corrected chi connectivity index (χ2v) is 11.2. The van der Waals surface area contributed by atoms with E-state index in [1.54, 1.807) is 30.4 Å². The molecule has 1 aliphatic heterocycles. The van der Waals surface area contributed by atoms with Crippen molar-refractivity contribution in [2.24, 2.45) is 0 Å². The van der Waals surface area contributed by atoms with E-state index in [2.05, 4.69) is 10.3 Å². The fourth-order valence-electron chi connectivity index (χ4n) is 3.71. The van der Waals surface area contributed by atoms with Gasteiger partial charge in [-0.25, -0.2) is 13.4 Å². The maximum Gasteiger partial charge on any atom is 0.306 e. The minimum Gasteiger partial charge on any atom is -0.456 e. The van der Waals surface area contributed by atoms with E-state index in [1.807, 2.05) is 24.3 Å². The lowest BCUT2D eigenvalue weighted by atomic mass is 10.2. The van der Waals surface area contributed by atoms with Crippen LogP contribution in [0.1, 0.15) is 23.4 Å². The van der Waals surface area contributed by atoms with Crippen LogP contribution in [-0.2, 0) is 35.5 Å². The van der Waals surface area contributed by atoms with Gasteiger partial charge in [0.05, 0.1) is 33.3 Å². The lowest BCUT2D eigenvalue weighted by Gasteiger charge is -2.26. The number of nitrogens with zero attached hydrogens (tertiary/aromatic N) is 2. The minimum atomic E-state index is -3.71. The molecule has 1 fully saturated rings. The monoisotopic (exact) mass is 517 g/mol. The van der Waals surface area contributed by atoms with Crippen molar-refractivity contribution in [3.05, 3.63) is 53.0 Å². The van der Waals surface area contributed by atoms with Crippen LogP contribution >= 0.6 is 11.3 Å². The maximum atomic E-state index is 13.0. The standard InChI is InChI=1S/C24H27N3O6S2/c1-17-9-10-18(15-21(17)35(30,31)27-11-13-32-14-12-27)25-22(28)16-33-24(29)8-4-7-23-26-19-5-2-3-6-20(19)34-23/h2-3,5-6,9-10,15H,4,7-8,11-14,16H2,1H3,(H,25,28). The zero-order valence-corrected chi connectivity index (χ0v) is 21.0. The van der Waals surface area contributed by atoms with Gasteiger partial charge < -0.3 is 14.8 Å². The third-order valence-corrected chi connectivity index (χ3v) is 8.67. The summed E-state index contributed by atoms with van der Waals surface area (Å²) >= 11 is 1.60. The molecule has 0 radical (unpaired) electrons. The van der Waals surface area contributed by atoms with Crippen molar-refractivity contribution in [2.75, 3.05) is 38.2 Å². The third kappa shape index (κ3) is 6.43. The summed E-state index contributed by atoms with van der Waals surface area (Å²) in [6, 6.07) is 12.6. The fraction of sp³-hybridized carbons (Fsp3) is 0.375. The van der Waals surface area contributed by atoms with Crippen LogP contribution in [0.15, 0.2) is 47.4 Å². The molecule has 4 rings (SSSR count). The molecule has 0 bridgehead atoms. The van der Waals surface area contributed by atoms with Gasteiger partial charge in [0, 0.05) is 25.2 Å². The molecule has 0 spiro atoms. The van der Waals surface area contributed by atoms with Gasteiger partial charge in [-0.1, -0.05) is 18.2 Å². The third-order valence-electron chi connectivity index (χ3n) is 5.53. The van der Waals surface area contributed by atoms with Gasteiger partial charge in [0.25, 0.3) is 5.91 Å². The van der Waals surface area contributed by atoms with E-state index in [1.165, 1.54) is 10.4 Å². The van der Waals surface area contributed by atoms with Crippen molar-refractivity contribution in [1.82, 2.24) is 9.29 Å². The molecule has 1 saturated heterocycles. The molecule has 1 amide bonds. The van der Waals surface area contributed by atoms with E-state index in [-0.39, 0.29) is 24.4 Å². The van der Waals surface area contributed by atoms with Crippen molar-refractivity contribution in [1.29, 1.82) is 0 Å². The van der Waals surface area contributed by atoms with Gasteiger partial charge in [-0.3, -0.25) is 9.59 Å². The molecular formula is C24H27N3O6S2. The van der Waals surface area contributed by atoms with Gasteiger partial charge in [-0.05, 0) is 49.6 Å². The number of benzene rings is 2. The van der Waals surface area contributed by atoms with Crippen LogP contribution in [0.5, 0.6) is 0 Å². The van der Waals surface area contributed by atoms with Gasteiger partial charge in [-0.2, -0.15) is 4.31 Å². The zero-order valence-electron chi connectivity index (χ0n) is 19.4. The van der Waals surface area contributed by atoms with Gasteiger partial charge in [0.2, 0.25) is 10.0 Å². The lowest BCUT2D eigenvalue weighted by Crippen LogP contribution is -2.40. The number of fused-ring (bicyclic) bond motifs is 1. The van der Waals surface area contributed by atoms with E-state index in [4.69, 9.17) is 9.47 Å². The predicted octanol–water partition coefficient (Wildman–Crippen LogP) is 3.13. The Morgan fingerprint density at radius 2 is 1.94 bits per heavy atom. The quantitative estimate of drug-likeness (QED) is 0.434. The maximum absolute atomic E-state index is 13.0. The van der Waals surface area contributed by atoms with E-state index >= 15 is 0 Å². The molecule has 3 aromatic rings. The number of ether oxygens (including phenoxy) is 2. The molecule has 0 atom stereocenters. The number of sulfonamides is 1. The number of para-hydroxylation sites is 1. The van der Waals surface area contributed by atoms with E-state index < -0.39 is 28.5 Å². The highest BCUT2D eigenvalue weighted by Gasteiger charge is 2.28. The zero-order chi connectivity index (χ0) is 24.8. The highest BCUT2D eigenvalue weighted by atomic mass is 32.2. The number of amides is 1. The number of morpholine rings is 1. The lowest BCUT2D eigenvalue weighted by molar-refractivity contribution is -0.147. The molecule has 2 heterocycles. The summed E-state index contributed by atoms with van der Waals surface area (Å²) < 4.78 is 38.8. The number of carbonyl (C=O) groups is 2. The molecule has 0 saturated carbocycles. The Bertz CT molecular complexity index is 1280. The molecule has 0 unspecified atom stereocenters. The van der Waals surface area contributed by atoms with Gasteiger partial charge in [0.15, 0.2) is 6.61 Å². The first-order valence-corrected chi connectivity index (χ1v) is 13.6. The van der Waals surface area contributed by atoms with E-state index in [0.29, 0.717) is 37.3 Å². The summed E-state index contributed by atoms with van der Waals surface area (Å²) in [4.78, 5) is 29.0. The molecule has 35 heavy (non-hydrogen) atoms. The normalized spacial score (nSPS) is 14.7. The SMILES string of the molecule is Cc1ccc(NC(=O)COC(=O)CCCc2nc3ccccc3s2)cc1S(=O)(=O)N1CCOCC1. The number of rotatable bonds is 9.